The minimum absolute atomic E-state index is 0.330. The Bertz CT molecular complexity index is 1010. The van der Waals surface area contributed by atoms with Crippen molar-refractivity contribution in [1.82, 2.24) is 4.90 Å². The fourth-order valence-corrected chi connectivity index (χ4v) is 4.04. The second kappa shape index (κ2) is 7.79. The summed E-state index contributed by atoms with van der Waals surface area (Å²) in [6.45, 7) is 1.49. The van der Waals surface area contributed by atoms with Crippen molar-refractivity contribution in [3.63, 3.8) is 0 Å². The molecule has 0 bridgehead atoms. The lowest BCUT2D eigenvalue weighted by Gasteiger charge is -2.20. The van der Waals surface area contributed by atoms with E-state index in [-0.39, 0.29) is 11.8 Å². The van der Waals surface area contributed by atoms with Gasteiger partial charge in [0.1, 0.15) is 5.70 Å². The lowest BCUT2D eigenvalue weighted by molar-refractivity contribution is -0.120. The number of carbonyl (C=O) groups is 2. The highest BCUT2D eigenvalue weighted by Crippen LogP contribution is 2.39. The smallest absolute Gasteiger partial charge is 0.282 e. The molecule has 7 heteroatoms. The molecule has 0 N–H and O–H groups in total. The average Bonchev–Trinajstić information content (AvgIpc) is 3.33. The number of benzene rings is 2. The van der Waals surface area contributed by atoms with Crippen molar-refractivity contribution >= 4 is 34.7 Å². The molecule has 1 saturated heterocycles. The standard InChI is InChI=1S/C22H21ClN2O4/c1-28-17-9-8-14(12-18(17)29-2)19-20(24-10-3-4-11-24)22(27)25(21(19)26)16-7-5-6-15(23)13-16/h5-9,12-13H,3-4,10-11H2,1-2H3. The highest BCUT2D eigenvalue weighted by atomic mass is 35.5. The van der Waals surface area contributed by atoms with Crippen molar-refractivity contribution in [1.29, 1.82) is 0 Å². The predicted molar refractivity (Wildman–Crippen MR) is 111 cm³/mol. The van der Waals surface area contributed by atoms with Crippen molar-refractivity contribution in [3.05, 3.63) is 58.7 Å². The second-order valence-electron chi connectivity index (χ2n) is 6.91. The lowest BCUT2D eigenvalue weighted by Crippen LogP contribution is -2.34. The van der Waals surface area contributed by atoms with Crippen LogP contribution < -0.4 is 14.4 Å². The van der Waals surface area contributed by atoms with Crippen LogP contribution >= 0.6 is 11.6 Å². The van der Waals surface area contributed by atoms with Crippen LogP contribution in [0, 0.1) is 0 Å². The SMILES string of the molecule is COc1ccc(C2=C(N3CCCC3)C(=O)N(c3cccc(Cl)c3)C2=O)cc1OC. The quantitative estimate of drug-likeness (QED) is 0.700. The van der Waals surface area contributed by atoms with Gasteiger partial charge in [-0.15, -0.1) is 0 Å². The summed E-state index contributed by atoms with van der Waals surface area (Å²) < 4.78 is 10.7. The van der Waals surface area contributed by atoms with Crippen molar-refractivity contribution < 1.29 is 19.1 Å². The molecule has 0 radical (unpaired) electrons. The van der Waals surface area contributed by atoms with Gasteiger partial charge in [-0.1, -0.05) is 23.7 Å². The molecule has 2 heterocycles. The number of ether oxygens (including phenoxy) is 2. The first kappa shape index (κ1) is 19.3. The summed E-state index contributed by atoms with van der Waals surface area (Å²) in [6, 6.07) is 12.0. The molecule has 1 fully saturated rings. The monoisotopic (exact) mass is 412 g/mol. The molecular formula is C22H21ClN2O4. The number of anilines is 1. The number of rotatable bonds is 5. The van der Waals surface area contributed by atoms with E-state index in [2.05, 4.69) is 0 Å². The number of hydrogen-bond donors (Lipinski definition) is 0. The van der Waals surface area contributed by atoms with E-state index in [9.17, 15) is 9.59 Å². The van der Waals surface area contributed by atoms with E-state index < -0.39 is 0 Å². The number of likely N-dealkylation sites (tertiary alicyclic amines) is 1. The van der Waals surface area contributed by atoms with E-state index >= 15 is 0 Å². The summed E-state index contributed by atoms with van der Waals surface area (Å²) in [6.07, 6.45) is 1.97. The Kier molecular flexibility index (Phi) is 5.20. The van der Waals surface area contributed by atoms with Crippen LogP contribution in [0.25, 0.3) is 5.57 Å². The van der Waals surface area contributed by atoms with E-state index in [0.29, 0.717) is 39.0 Å². The maximum Gasteiger partial charge on any atom is 0.282 e. The summed E-state index contributed by atoms with van der Waals surface area (Å²) in [5, 5.41) is 0.463. The number of carbonyl (C=O) groups excluding carboxylic acids is 2. The van der Waals surface area contributed by atoms with E-state index in [1.54, 1.807) is 49.6 Å². The minimum Gasteiger partial charge on any atom is -0.493 e. The molecule has 150 valence electrons. The van der Waals surface area contributed by atoms with E-state index in [1.165, 1.54) is 12.0 Å². The predicted octanol–water partition coefficient (Wildman–Crippen LogP) is 3.74. The first-order chi connectivity index (χ1) is 14.0. The second-order valence-corrected chi connectivity index (χ2v) is 7.35. The Morgan fingerprint density at radius 1 is 0.897 bits per heavy atom. The summed E-state index contributed by atoms with van der Waals surface area (Å²) in [7, 11) is 3.09. The molecular weight excluding hydrogens is 392 g/mol. The van der Waals surface area contributed by atoms with Crippen LogP contribution in [0.5, 0.6) is 11.5 Å². The van der Waals surface area contributed by atoms with Crippen LogP contribution in [0.1, 0.15) is 18.4 Å². The van der Waals surface area contributed by atoms with Crippen LogP contribution in [0.2, 0.25) is 5.02 Å². The largest absolute Gasteiger partial charge is 0.493 e. The number of methoxy groups -OCH3 is 2. The molecule has 6 nitrogen and oxygen atoms in total. The summed E-state index contributed by atoms with van der Waals surface area (Å²) in [5.41, 5.74) is 1.88. The summed E-state index contributed by atoms with van der Waals surface area (Å²) in [4.78, 5) is 30.0. The minimum atomic E-state index is -0.369. The molecule has 0 aliphatic carbocycles. The third-order valence-electron chi connectivity index (χ3n) is 5.22. The first-order valence-corrected chi connectivity index (χ1v) is 9.79. The Labute approximate surface area is 174 Å². The van der Waals surface area contributed by atoms with Crippen molar-refractivity contribution in [2.24, 2.45) is 0 Å². The van der Waals surface area contributed by atoms with Gasteiger partial charge in [-0.05, 0) is 48.7 Å². The summed E-state index contributed by atoms with van der Waals surface area (Å²) >= 11 is 6.10. The van der Waals surface area contributed by atoms with Crippen molar-refractivity contribution in [2.45, 2.75) is 12.8 Å². The molecule has 4 rings (SSSR count). The van der Waals surface area contributed by atoms with Gasteiger partial charge in [0.2, 0.25) is 0 Å². The number of imide groups is 1. The number of nitrogens with zero attached hydrogens (tertiary/aromatic N) is 2. The zero-order valence-corrected chi connectivity index (χ0v) is 17.0. The number of amides is 2. The number of halogens is 1. The zero-order valence-electron chi connectivity index (χ0n) is 16.3. The normalized spacial score (nSPS) is 16.8. The van der Waals surface area contributed by atoms with Gasteiger partial charge < -0.3 is 14.4 Å². The fourth-order valence-electron chi connectivity index (χ4n) is 3.85. The molecule has 2 aliphatic rings. The molecule has 2 aliphatic heterocycles. The highest BCUT2D eigenvalue weighted by Gasteiger charge is 2.43. The van der Waals surface area contributed by atoms with E-state index in [4.69, 9.17) is 21.1 Å². The Morgan fingerprint density at radius 3 is 2.28 bits per heavy atom. The zero-order chi connectivity index (χ0) is 20.5. The van der Waals surface area contributed by atoms with Gasteiger partial charge in [-0.25, -0.2) is 4.90 Å². The van der Waals surface area contributed by atoms with Crippen LogP contribution in [-0.2, 0) is 9.59 Å². The Hall–Kier alpha value is -2.99. The van der Waals surface area contributed by atoms with Gasteiger partial charge in [0, 0.05) is 18.1 Å². The molecule has 0 unspecified atom stereocenters. The van der Waals surface area contributed by atoms with Crippen molar-refractivity contribution in [2.75, 3.05) is 32.2 Å². The Morgan fingerprint density at radius 2 is 1.62 bits per heavy atom. The topological polar surface area (TPSA) is 59.1 Å². The molecule has 2 amide bonds. The van der Waals surface area contributed by atoms with Gasteiger partial charge in [0.15, 0.2) is 11.5 Å². The lowest BCUT2D eigenvalue weighted by atomic mass is 10.0. The molecule has 2 aromatic carbocycles. The van der Waals surface area contributed by atoms with Crippen LogP contribution in [0.3, 0.4) is 0 Å². The third-order valence-corrected chi connectivity index (χ3v) is 5.46. The third kappa shape index (κ3) is 3.34. The van der Waals surface area contributed by atoms with Crippen LogP contribution in [-0.4, -0.2) is 44.0 Å². The summed E-state index contributed by atoms with van der Waals surface area (Å²) in [5.74, 6) is 0.359. The van der Waals surface area contributed by atoms with Crippen LogP contribution in [0.4, 0.5) is 5.69 Å². The van der Waals surface area contributed by atoms with E-state index in [0.717, 1.165) is 25.9 Å². The van der Waals surface area contributed by atoms with Gasteiger partial charge in [-0.2, -0.15) is 0 Å². The molecule has 2 aromatic rings. The maximum atomic E-state index is 13.5. The fraction of sp³-hybridized carbons (Fsp3) is 0.273. The van der Waals surface area contributed by atoms with Gasteiger partial charge in [-0.3, -0.25) is 9.59 Å². The van der Waals surface area contributed by atoms with Gasteiger partial charge in [0.25, 0.3) is 11.8 Å². The maximum absolute atomic E-state index is 13.5. The molecule has 0 spiro atoms. The van der Waals surface area contributed by atoms with Crippen molar-refractivity contribution in [3.8, 4) is 11.5 Å². The highest BCUT2D eigenvalue weighted by molar-refractivity contribution is 6.45. The van der Waals surface area contributed by atoms with E-state index in [1.807, 2.05) is 4.90 Å². The van der Waals surface area contributed by atoms with Gasteiger partial charge >= 0.3 is 0 Å². The average molecular weight is 413 g/mol. The molecule has 0 saturated carbocycles. The van der Waals surface area contributed by atoms with Crippen LogP contribution in [0.15, 0.2) is 48.2 Å². The molecule has 0 aromatic heterocycles. The Balaban J connectivity index is 1.85. The number of hydrogen-bond acceptors (Lipinski definition) is 5. The molecule has 29 heavy (non-hydrogen) atoms. The first-order valence-electron chi connectivity index (χ1n) is 9.41. The molecule has 0 atom stereocenters. The van der Waals surface area contributed by atoms with Gasteiger partial charge in [0.05, 0.1) is 25.5 Å².